The smallest absolute Gasteiger partial charge is 0.339 e. The number of rotatable bonds is 5. The molecule has 0 fully saturated rings. The number of ether oxygens (including phenoxy) is 1. The quantitative estimate of drug-likeness (QED) is 0.755. The first kappa shape index (κ1) is 14.0. The topological polar surface area (TPSA) is 124 Å². The normalized spacial score (nSPS) is 10.9. The number of sulfone groups is 1. The van der Waals surface area contributed by atoms with E-state index in [1.165, 1.54) is 13.2 Å². The molecule has 1 aromatic carbocycles. The molecule has 0 radical (unpaired) electrons. The number of benzene rings is 1. The number of hydrogen-bond donors (Lipinski definition) is 2. The Kier molecular flexibility index (Phi) is 3.92. The molecule has 3 N–H and O–H groups in total. The van der Waals surface area contributed by atoms with Crippen LogP contribution in [0.5, 0.6) is 5.75 Å². The van der Waals surface area contributed by atoms with Crippen LogP contribution < -0.4 is 10.5 Å². The highest BCUT2D eigenvalue weighted by molar-refractivity contribution is 7.92. The van der Waals surface area contributed by atoms with Crippen LogP contribution in [0, 0.1) is 0 Å². The van der Waals surface area contributed by atoms with E-state index in [1.807, 2.05) is 0 Å². The van der Waals surface area contributed by atoms with Crippen molar-refractivity contribution in [2.75, 3.05) is 12.9 Å². The first-order chi connectivity index (χ1) is 8.27. The van der Waals surface area contributed by atoms with Crippen molar-refractivity contribution in [1.82, 2.24) is 0 Å². The highest BCUT2D eigenvalue weighted by Crippen LogP contribution is 2.23. The van der Waals surface area contributed by atoms with E-state index in [9.17, 15) is 18.0 Å². The zero-order valence-electron chi connectivity index (χ0n) is 9.41. The standard InChI is InChI=1S/C10H11NO6S/c1-17-8-3-2-6(4-7(8)10(13)14)18(15,16)5-9(11)12/h2-4H,5H2,1H3,(H2,11,12)(H,13,14). The predicted molar refractivity (Wildman–Crippen MR) is 61.2 cm³/mol. The third kappa shape index (κ3) is 2.98. The van der Waals surface area contributed by atoms with Gasteiger partial charge in [0.05, 0.1) is 12.0 Å². The third-order valence-corrected chi connectivity index (χ3v) is 3.73. The number of amides is 1. The molecule has 1 aromatic rings. The number of carboxylic acids is 1. The summed E-state index contributed by atoms with van der Waals surface area (Å²) in [6.07, 6.45) is 0. The van der Waals surface area contributed by atoms with Gasteiger partial charge in [0.1, 0.15) is 17.1 Å². The van der Waals surface area contributed by atoms with Crippen molar-refractivity contribution in [1.29, 1.82) is 0 Å². The van der Waals surface area contributed by atoms with Gasteiger partial charge < -0.3 is 15.6 Å². The Morgan fingerprint density at radius 1 is 1.39 bits per heavy atom. The molecule has 0 aliphatic rings. The summed E-state index contributed by atoms with van der Waals surface area (Å²) in [6.45, 7) is 0. The first-order valence-corrected chi connectivity index (χ1v) is 6.35. The number of carboxylic acid groups (broad SMARTS) is 1. The van der Waals surface area contributed by atoms with Gasteiger partial charge in [0.15, 0.2) is 9.84 Å². The lowest BCUT2D eigenvalue weighted by molar-refractivity contribution is -0.115. The van der Waals surface area contributed by atoms with Crippen molar-refractivity contribution in [3.05, 3.63) is 23.8 Å². The summed E-state index contributed by atoms with van der Waals surface area (Å²) in [5.74, 6) is -3.19. The minimum absolute atomic E-state index is 0.0283. The van der Waals surface area contributed by atoms with Crippen molar-refractivity contribution >= 4 is 21.7 Å². The Hall–Kier alpha value is -2.09. The maximum Gasteiger partial charge on any atom is 0.339 e. The van der Waals surface area contributed by atoms with Crippen LogP contribution in [0.25, 0.3) is 0 Å². The summed E-state index contributed by atoms with van der Waals surface area (Å²) >= 11 is 0. The van der Waals surface area contributed by atoms with Gasteiger partial charge >= 0.3 is 5.97 Å². The van der Waals surface area contributed by atoms with E-state index in [0.717, 1.165) is 12.1 Å². The Balaban J connectivity index is 3.32. The third-order valence-electron chi connectivity index (χ3n) is 2.09. The second kappa shape index (κ2) is 5.05. The fraction of sp³-hybridized carbons (Fsp3) is 0.200. The minimum atomic E-state index is -3.93. The predicted octanol–water partition coefficient (Wildman–Crippen LogP) is -0.348. The molecule has 0 atom stereocenters. The molecule has 7 nitrogen and oxygen atoms in total. The molecule has 0 spiro atoms. The van der Waals surface area contributed by atoms with Crippen molar-refractivity contribution in [2.24, 2.45) is 5.73 Å². The number of primary amides is 1. The second-order valence-electron chi connectivity index (χ2n) is 3.39. The van der Waals surface area contributed by atoms with Crippen molar-refractivity contribution in [2.45, 2.75) is 4.90 Å². The summed E-state index contributed by atoms with van der Waals surface area (Å²) < 4.78 is 28.2. The fourth-order valence-electron chi connectivity index (χ4n) is 1.32. The van der Waals surface area contributed by atoms with Crippen LogP contribution in [0.2, 0.25) is 0 Å². The lowest BCUT2D eigenvalue weighted by atomic mass is 10.2. The molecule has 18 heavy (non-hydrogen) atoms. The highest BCUT2D eigenvalue weighted by atomic mass is 32.2. The van der Waals surface area contributed by atoms with Gasteiger partial charge in [-0.15, -0.1) is 0 Å². The summed E-state index contributed by atoms with van der Waals surface area (Å²) in [7, 11) is -2.67. The van der Waals surface area contributed by atoms with Crippen LogP contribution in [-0.4, -0.2) is 38.3 Å². The molecule has 0 saturated carbocycles. The average Bonchev–Trinajstić information content (AvgIpc) is 2.26. The lowest BCUT2D eigenvalue weighted by Gasteiger charge is -2.07. The van der Waals surface area contributed by atoms with Crippen LogP contribution in [0.1, 0.15) is 10.4 Å². The summed E-state index contributed by atoms with van der Waals surface area (Å²) in [4.78, 5) is 21.3. The maximum absolute atomic E-state index is 11.7. The molecule has 0 unspecified atom stereocenters. The Bertz CT molecular complexity index is 592. The Morgan fingerprint density at radius 2 is 2.00 bits per heavy atom. The van der Waals surface area contributed by atoms with E-state index in [2.05, 4.69) is 0 Å². The number of hydrogen-bond acceptors (Lipinski definition) is 5. The number of aromatic carboxylic acids is 1. The molecular formula is C10H11NO6S. The second-order valence-corrected chi connectivity index (χ2v) is 5.38. The van der Waals surface area contributed by atoms with Gasteiger partial charge in [0, 0.05) is 0 Å². The molecule has 98 valence electrons. The fourth-order valence-corrected chi connectivity index (χ4v) is 2.43. The van der Waals surface area contributed by atoms with Crippen molar-refractivity contribution < 1.29 is 27.9 Å². The van der Waals surface area contributed by atoms with Gasteiger partial charge in [0.25, 0.3) is 0 Å². The zero-order chi connectivity index (χ0) is 13.9. The van der Waals surface area contributed by atoms with Gasteiger partial charge in [-0.25, -0.2) is 13.2 Å². The van der Waals surface area contributed by atoms with Crippen molar-refractivity contribution in [3.8, 4) is 5.75 Å². The van der Waals surface area contributed by atoms with Crippen LogP contribution >= 0.6 is 0 Å². The summed E-state index contributed by atoms with van der Waals surface area (Å²) in [6, 6.07) is 3.29. The molecular weight excluding hydrogens is 262 g/mol. The average molecular weight is 273 g/mol. The maximum atomic E-state index is 11.7. The van der Waals surface area contributed by atoms with E-state index >= 15 is 0 Å². The van der Waals surface area contributed by atoms with Crippen molar-refractivity contribution in [3.63, 3.8) is 0 Å². The van der Waals surface area contributed by atoms with Gasteiger partial charge in [0.2, 0.25) is 5.91 Å². The molecule has 1 rings (SSSR count). The molecule has 0 bridgehead atoms. The Labute approximate surface area is 103 Å². The van der Waals surface area contributed by atoms with E-state index in [1.54, 1.807) is 0 Å². The molecule has 0 aliphatic carbocycles. The minimum Gasteiger partial charge on any atom is -0.496 e. The summed E-state index contributed by atoms with van der Waals surface area (Å²) in [5.41, 5.74) is 4.51. The number of nitrogens with two attached hydrogens (primary N) is 1. The first-order valence-electron chi connectivity index (χ1n) is 4.70. The Morgan fingerprint density at radius 3 is 2.44 bits per heavy atom. The SMILES string of the molecule is COc1ccc(S(=O)(=O)CC(N)=O)cc1C(=O)O. The molecule has 0 aromatic heterocycles. The molecule has 0 heterocycles. The molecule has 0 saturated heterocycles. The molecule has 8 heteroatoms. The van der Waals surface area contributed by atoms with E-state index in [0.29, 0.717) is 0 Å². The van der Waals surface area contributed by atoms with E-state index < -0.39 is 27.5 Å². The summed E-state index contributed by atoms with van der Waals surface area (Å²) in [5, 5.41) is 8.90. The van der Waals surface area contributed by atoms with Gasteiger partial charge in [-0.05, 0) is 18.2 Å². The van der Waals surface area contributed by atoms with E-state index in [4.69, 9.17) is 15.6 Å². The van der Waals surface area contributed by atoms with Crippen LogP contribution in [-0.2, 0) is 14.6 Å². The molecule has 0 aliphatic heterocycles. The van der Waals surface area contributed by atoms with Gasteiger partial charge in [-0.1, -0.05) is 0 Å². The van der Waals surface area contributed by atoms with E-state index in [-0.39, 0.29) is 16.2 Å². The van der Waals surface area contributed by atoms with Crippen LogP contribution in [0.15, 0.2) is 23.1 Å². The van der Waals surface area contributed by atoms with Crippen LogP contribution in [0.4, 0.5) is 0 Å². The zero-order valence-corrected chi connectivity index (χ0v) is 10.2. The highest BCUT2D eigenvalue weighted by Gasteiger charge is 2.21. The number of carbonyl (C=O) groups excluding carboxylic acids is 1. The lowest BCUT2D eigenvalue weighted by Crippen LogP contribution is -2.23. The largest absolute Gasteiger partial charge is 0.496 e. The van der Waals surface area contributed by atoms with Gasteiger partial charge in [-0.3, -0.25) is 4.79 Å². The number of carbonyl (C=O) groups is 2. The monoisotopic (exact) mass is 273 g/mol. The van der Waals surface area contributed by atoms with Gasteiger partial charge in [-0.2, -0.15) is 0 Å². The number of methoxy groups -OCH3 is 1. The molecule has 1 amide bonds. The van der Waals surface area contributed by atoms with Crippen LogP contribution in [0.3, 0.4) is 0 Å².